The summed E-state index contributed by atoms with van der Waals surface area (Å²) < 4.78 is 1.92. The predicted octanol–water partition coefficient (Wildman–Crippen LogP) is 2.75. The first kappa shape index (κ1) is 11.4. The van der Waals surface area contributed by atoms with Gasteiger partial charge in [-0.3, -0.25) is 4.79 Å². The van der Waals surface area contributed by atoms with Crippen LogP contribution in [0.5, 0.6) is 0 Å². The molecule has 2 heterocycles. The molecule has 1 fully saturated rings. The number of carbonyl (C=O) groups is 1. The minimum Gasteiger partial charge on any atom is -0.335 e. The van der Waals surface area contributed by atoms with Crippen molar-refractivity contribution in [1.82, 2.24) is 14.5 Å². The molecule has 3 rings (SSSR count). The van der Waals surface area contributed by atoms with E-state index >= 15 is 0 Å². The number of aryl methyl sites for hydroxylation is 2. The topological polar surface area (TPSA) is 47.8 Å². The van der Waals surface area contributed by atoms with E-state index in [9.17, 15) is 4.79 Å². The van der Waals surface area contributed by atoms with Crippen LogP contribution < -0.4 is 0 Å². The molecule has 0 unspecified atom stereocenters. The van der Waals surface area contributed by atoms with Gasteiger partial charge in [-0.2, -0.15) is 0 Å². The molecular weight excluding hydrogens is 226 g/mol. The first-order valence-corrected chi connectivity index (χ1v) is 6.49. The highest BCUT2D eigenvalue weighted by Gasteiger charge is 2.22. The van der Waals surface area contributed by atoms with Gasteiger partial charge in [0.25, 0.3) is 0 Å². The molecule has 0 amide bonds. The molecular formula is C14H17N3O. The summed E-state index contributed by atoms with van der Waals surface area (Å²) in [5, 5.41) is 0.897. The van der Waals surface area contributed by atoms with Crippen molar-refractivity contribution in [2.75, 3.05) is 0 Å². The number of rotatable bonds is 2. The number of aromatic nitrogens is 3. The normalized spacial score (nSPS) is 16.6. The standard InChI is InChI=1S/C14H17N3O/c1-9-12-11(8-18)7-17(2)14(12)16-13(15-9)10-5-3-4-6-10/h7-8,10H,3-6H2,1-2H3. The number of aldehydes is 1. The van der Waals surface area contributed by atoms with Crippen LogP contribution in [-0.4, -0.2) is 20.8 Å². The third-order valence-electron chi connectivity index (χ3n) is 3.89. The molecule has 0 aliphatic heterocycles. The Morgan fingerprint density at radius 3 is 2.72 bits per heavy atom. The van der Waals surface area contributed by atoms with E-state index in [4.69, 9.17) is 0 Å². The lowest BCUT2D eigenvalue weighted by molar-refractivity contribution is 0.112. The molecule has 4 heteroatoms. The maximum Gasteiger partial charge on any atom is 0.152 e. The molecule has 0 bridgehead atoms. The van der Waals surface area contributed by atoms with Gasteiger partial charge in [0.2, 0.25) is 0 Å². The quantitative estimate of drug-likeness (QED) is 0.762. The van der Waals surface area contributed by atoms with Crippen LogP contribution in [0.2, 0.25) is 0 Å². The second kappa shape index (κ2) is 4.19. The third kappa shape index (κ3) is 1.64. The van der Waals surface area contributed by atoms with Crippen molar-refractivity contribution in [2.24, 2.45) is 7.05 Å². The average Bonchev–Trinajstić information content (AvgIpc) is 2.97. The molecule has 2 aromatic rings. The number of hydrogen-bond acceptors (Lipinski definition) is 3. The number of nitrogens with zero attached hydrogens (tertiary/aromatic N) is 3. The fourth-order valence-corrected chi connectivity index (χ4v) is 2.96. The minimum atomic E-state index is 0.502. The van der Waals surface area contributed by atoms with E-state index in [1.54, 1.807) is 0 Å². The average molecular weight is 243 g/mol. The van der Waals surface area contributed by atoms with Crippen LogP contribution in [0.15, 0.2) is 6.20 Å². The Hall–Kier alpha value is -1.71. The Kier molecular flexibility index (Phi) is 2.65. The minimum absolute atomic E-state index is 0.502. The molecule has 94 valence electrons. The molecule has 0 aromatic carbocycles. The Balaban J connectivity index is 2.20. The summed E-state index contributed by atoms with van der Waals surface area (Å²) in [7, 11) is 1.93. The molecule has 1 aliphatic rings. The maximum atomic E-state index is 11.1. The van der Waals surface area contributed by atoms with Crippen LogP contribution in [0, 0.1) is 6.92 Å². The van der Waals surface area contributed by atoms with Gasteiger partial charge in [-0.15, -0.1) is 0 Å². The highest BCUT2D eigenvalue weighted by molar-refractivity contribution is 5.97. The molecule has 1 saturated carbocycles. The van der Waals surface area contributed by atoms with Gasteiger partial charge in [0.05, 0.1) is 11.1 Å². The molecule has 0 atom stereocenters. The lowest BCUT2D eigenvalue weighted by Crippen LogP contribution is -2.04. The highest BCUT2D eigenvalue weighted by atomic mass is 16.1. The lowest BCUT2D eigenvalue weighted by Gasteiger charge is -2.09. The number of hydrogen-bond donors (Lipinski definition) is 0. The van der Waals surface area contributed by atoms with E-state index in [0.29, 0.717) is 11.5 Å². The van der Waals surface area contributed by atoms with Crippen LogP contribution in [0.25, 0.3) is 11.0 Å². The molecule has 0 N–H and O–H groups in total. The van der Waals surface area contributed by atoms with E-state index in [-0.39, 0.29) is 0 Å². The zero-order chi connectivity index (χ0) is 12.7. The summed E-state index contributed by atoms with van der Waals surface area (Å²) in [5.74, 6) is 1.46. The smallest absolute Gasteiger partial charge is 0.152 e. The van der Waals surface area contributed by atoms with Crippen LogP contribution in [-0.2, 0) is 7.05 Å². The summed E-state index contributed by atoms with van der Waals surface area (Å²) >= 11 is 0. The van der Waals surface area contributed by atoms with Gasteiger partial charge in [0.1, 0.15) is 11.5 Å². The van der Waals surface area contributed by atoms with Gasteiger partial charge < -0.3 is 4.57 Å². The zero-order valence-electron chi connectivity index (χ0n) is 10.8. The summed E-state index contributed by atoms with van der Waals surface area (Å²) in [4.78, 5) is 20.4. The summed E-state index contributed by atoms with van der Waals surface area (Å²) in [5.41, 5.74) is 2.49. The largest absolute Gasteiger partial charge is 0.335 e. The molecule has 18 heavy (non-hydrogen) atoms. The van der Waals surface area contributed by atoms with Gasteiger partial charge >= 0.3 is 0 Å². The second-order valence-electron chi connectivity index (χ2n) is 5.16. The van der Waals surface area contributed by atoms with E-state index in [1.807, 2.05) is 24.7 Å². The lowest BCUT2D eigenvalue weighted by atomic mass is 10.1. The Morgan fingerprint density at radius 1 is 1.33 bits per heavy atom. The van der Waals surface area contributed by atoms with Crippen LogP contribution in [0.1, 0.15) is 53.5 Å². The summed E-state index contributed by atoms with van der Waals surface area (Å²) in [6, 6.07) is 0. The Labute approximate surface area is 106 Å². The zero-order valence-corrected chi connectivity index (χ0v) is 10.8. The molecule has 2 aromatic heterocycles. The Bertz CT molecular complexity index is 609. The van der Waals surface area contributed by atoms with E-state index < -0.39 is 0 Å². The second-order valence-corrected chi connectivity index (χ2v) is 5.16. The molecule has 1 aliphatic carbocycles. The van der Waals surface area contributed by atoms with E-state index in [2.05, 4.69) is 9.97 Å². The first-order valence-electron chi connectivity index (χ1n) is 6.49. The first-order chi connectivity index (χ1) is 8.70. The van der Waals surface area contributed by atoms with Gasteiger partial charge in [-0.05, 0) is 19.8 Å². The van der Waals surface area contributed by atoms with Crippen molar-refractivity contribution in [3.8, 4) is 0 Å². The van der Waals surface area contributed by atoms with E-state index in [0.717, 1.165) is 28.8 Å². The number of fused-ring (bicyclic) bond motifs is 1. The highest BCUT2D eigenvalue weighted by Crippen LogP contribution is 2.33. The van der Waals surface area contributed by atoms with Crippen molar-refractivity contribution >= 4 is 17.3 Å². The van der Waals surface area contributed by atoms with Crippen molar-refractivity contribution in [1.29, 1.82) is 0 Å². The summed E-state index contributed by atoms with van der Waals surface area (Å²) in [6.45, 7) is 1.97. The van der Waals surface area contributed by atoms with Gasteiger partial charge in [-0.25, -0.2) is 9.97 Å². The molecule has 4 nitrogen and oxygen atoms in total. The van der Waals surface area contributed by atoms with Crippen molar-refractivity contribution < 1.29 is 4.79 Å². The van der Waals surface area contributed by atoms with Crippen molar-refractivity contribution in [3.63, 3.8) is 0 Å². The Morgan fingerprint density at radius 2 is 2.06 bits per heavy atom. The monoisotopic (exact) mass is 243 g/mol. The van der Waals surface area contributed by atoms with Crippen molar-refractivity contribution in [3.05, 3.63) is 23.3 Å². The van der Waals surface area contributed by atoms with Gasteiger partial charge in [0.15, 0.2) is 6.29 Å². The van der Waals surface area contributed by atoms with Crippen LogP contribution in [0.3, 0.4) is 0 Å². The summed E-state index contributed by atoms with van der Waals surface area (Å²) in [6.07, 6.45) is 7.65. The van der Waals surface area contributed by atoms with Crippen LogP contribution in [0.4, 0.5) is 0 Å². The van der Waals surface area contributed by atoms with Crippen LogP contribution >= 0.6 is 0 Å². The predicted molar refractivity (Wildman–Crippen MR) is 69.8 cm³/mol. The van der Waals surface area contributed by atoms with Gasteiger partial charge in [-0.1, -0.05) is 12.8 Å². The fourth-order valence-electron chi connectivity index (χ4n) is 2.96. The molecule has 0 spiro atoms. The fraction of sp³-hybridized carbons (Fsp3) is 0.500. The molecule has 0 saturated heterocycles. The molecule has 0 radical (unpaired) electrons. The number of carbonyl (C=O) groups excluding carboxylic acids is 1. The SMILES string of the molecule is Cc1nc(C2CCCC2)nc2c1c(C=O)cn2C. The van der Waals surface area contributed by atoms with Gasteiger partial charge in [0, 0.05) is 24.7 Å². The van der Waals surface area contributed by atoms with E-state index in [1.165, 1.54) is 25.7 Å². The maximum absolute atomic E-state index is 11.1. The van der Waals surface area contributed by atoms with Crippen molar-refractivity contribution in [2.45, 2.75) is 38.5 Å². The third-order valence-corrected chi connectivity index (χ3v) is 3.89.